The first-order valence-corrected chi connectivity index (χ1v) is 9.55. The predicted molar refractivity (Wildman–Crippen MR) is 92.6 cm³/mol. The molecule has 0 bridgehead atoms. The van der Waals surface area contributed by atoms with E-state index in [1.807, 2.05) is 12.1 Å². The van der Waals surface area contributed by atoms with Gasteiger partial charge in [-0.2, -0.15) is 4.31 Å². The van der Waals surface area contributed by atoms with Crippen LogP contribution in [0, 0.1) is 0 Å². The first-order valence-electron chi connectivity index (χ1n) is 8.11. The van der Waals surface area contributed by atoms with Crippen molar-refractivity contribution in [3.63, 3.8) is 0 Å². The molecule has 0 aromatic heterocycles. The van der Waals surface area contributed by atoms with Crippen molar-refractivity contribution >= 4 is 16.0 Å². The van der Waals surface area contributed by atoms with Gasteiger partial charge in [0.2, 0.25) is 10.0 Å². The molecule has 1 fully saturated rings. The van der Waals surface area contributed by atoms with Gasteiger partial charge in [-0.1, -0.05) is 32.9 Å². The lowest BCUT2D eigenvalue weighted by Crippen LogP contribution is -2.53. The van der Waals surface area contributed by atoms with Crippen LogP contribution in [0.25, 0.3) is 0 Å². The molecular weight excluding hydrogens is 328 g/mol. The number of sulfonamides is 1. The number of hydrogen-bond acceptors (Lipinski definition) is 4. The van der Waals surface area contributed by atoms with Gasteiger partial charge in [0, 0.05) is 26.2 Å². The lowest BCUT2D eigenvalue weighted by atomic mass is 9.87. The van der Waals surface area contributed by atoms with Gasteiger partial charge in [0.25, 0.3) is 0 Å². The maximum absolute atomic E-state index is 12.7. The molecule has 1 heterocycles. The van der Waals surface area contributed by atoms with Gasteiger partial charge < -0.3 is 5.11 Å². The summed E-state index contributed by atoms with van der Waals surface area (Å²) in [6, 6.07) is 6.43. The third kappa shape index (κ3) is 3.96. The Hall–Kier alpha value is -1.44. The Morgan fingerprint density at radius 3 is 2.00 bits per heavy atom. The van der Waals surface area contributed by atoms with Gasteiger partial charge in [-0.25, -0.2) is 8.42 Å². The van der Waals surface area contributed by atoms with E-state index >= 15 is 0 Å². The molecule has 0 radical (unpaired) electrons. The highest BCUT2D eigenvalue weighted by molar-refractivity contribution is 7.89. The molecule has 1 aliphatic rings. The van der Waals surface area contributed by atoms with Gasteiger partial charge in [-0.3, -0.25) is 9.69 Å². The Morgan fingerprint density at radius 1 is 1.08 bits per heavy atom. The molecule has 0 amide bonds. The predicted octanol–water partition coefficient (Wildman–Crippen LogP) is 1.76. The van der Waals surface area contributed by atoms with E-state index in [1.54, 1.807) is 24.0 Å². The Bertz CT molecular complexity index is 684. The summed E-state index contributed by atoms with van der Waals surface area (Å²) in [6.45, 7) is 9.33. The smallest absolute Gasteiger partial charge is 0.320 e. The summed E-state index contributed by atoms with van der Waals surface area (Å²) >= 11 is 0. The number of carbonyl (C=O) groups is 1. The zero-order valence-corrected chi connectivity index (χ0v) is 15.5. The quantitative estimate of drug-likeness (QED) is 0.891. The van der Waals surface area contributed by atoms with E-state index in [0.717, 1.165) is 5.56 Å². The van der Waals surface area contributed by atoms with Crippen molar-refractivity contribution in [2.45, 2.75) is 44.0 Å². The number of rotatable bonds is 4. The summed E-state index contributed by atoms with van der Waals surface area (Å²) in [7, 11) is -3.53. The van der Waals surface area contributed by atoms with Crippen LogP contribution in [0.5, 0.6) is 0 Å². The van der Waals surface area contributed by atoms with E-state index < -0.39 is 22.0 Å². The summed E-state index contributed by atoms with van der Waals surface area (Å²) in [6.07, 6.45) is 0. The van der Waals surface area contributed by atoms with Crippen LogP contribution >= 0.6 is 0 Å². The molecule has 24 heavy (non-hydrogen) atoms. The number of aliphatic carboxylic acids is 1. The maximum atomic E-state index is 12.7. The fourth-order valence-corrected chi connectivity index (χ4v) is 4.19. The van der Waals surface area contributed by atoms with Gasteiger partial charge in [-0.15, -0.1) is 0 Å². The van der Waals surface area contributed by atoms with Crippen LogP contribution in [0.1, 0.15) is 33.3 Å². The van der Waals surface area contributed by atoms with Crippen molar-refractivity contribution < 1.29 is 18.3 Å². The Kier molecular flexibility index (Phi) is 5.37. The van der Waals surface area contributed by atoms with Crippen LogP contribution in [0.3, 0.4) is 0 Å². The average molecular weight is 354 g/mol. The maximum Gasteiger partial charge on any atom is 0.320 e. The Balaban J connectivity index is 2.11. The van der Waals surface area contributed by atoms with Crippen LogP contribution in [0.4, 0.5) is 0 Å². The van der Waals surface area contributed by atoms with Gasteiger partial charge in [0.1, 0.15) is 6.04 Å². The fraction of sp³-hybridized carbons (Fsp3) is 0.588. The fourth-order valence-electron chi connectivity index (χ4n) is 2.76. The number of benzene rings is 1. The van der Waals surface area contributed by atoms with E-state index in [1.165, 1.54) is 4.31 Å². The first-order chi connectivity index (χ1) is 11.0. The van der Waals surface area contributed by atoms with E-state index in [-0.39, 0.29) is 10.3 Å². The molecule has 1 saturated heterocycles. The molecule has 0 spiro atoms. The van der Waals surface area contributed by atoms with Crippen molar-refractivity contribution in [3.05, 3.63) is 29.8 Å². The summed E-state index contributed by atoms with van der Waals surface area (Å²) in [4.78, 5) is 13.1. The molecule has 0 aliphatic carbocycles. The van der Waals surface area contributed by atoms with Gasteiger partial charge in [0.15, 0.2) is 0 Å². The molecule has 0 saturated carbocycles. The topological polar surface area (TPSA) is 77.9 Å². The van der Waals surface area contributed by atoms with Crippen molar-refractivity contribution in [2.75, 3.05) is 26.2 Å². The van der Waals surface area contributed by atoms with Crippen molar-refractivity contribution in [1.82, 2.24) is 9.21 Å². The molecule has 1 atom stereocenters. The number of carboxylic acid groups (broad SMARTS) is 1. The molecule has 134 valence electrons. The van der Waals surface area contributed by atoms with Crippen molar-refractivity contribution in [2.24, 2.45) is 0 Å². The van der Waals surface area contributed by atoms with Gasteiger partial charge in [0.05, 0.1) is 4.90 Å². The highest BCUT2D eigenvalue weighted by Crippen LogP contribution is 2.25. The van der Waals surface area contributed by atoms with E-state index in [2.05, 4.69) is 20.8 Å². The number of piperazine rings is 1. The Morgan fingerprint density at radius 2 is 1.58 bits per heavy atom. The molecular formula is C17H26N2O4S. The minimum atomic E-state index is -3.53. The number of nitrogens with zero attached hydrogens (tertiary/aromatic N) is 2. The molecule has 1 aromatic carbocycles. The highest BCUT2D eigenvalue weighted by Gasteiger charge is 2.31. The highest BCUT2D eigenvalue weighted by atomic mass is 32.2. The third-order valence-corrected chi connectivity index (χ3v) is 6.45. The van der Waals surface area contributed by atoms with Gasteiger partial charge >= 0.3 is 5.97 Å². The van der Waals surface area contributed by atoms with Crippen LogP contribution in [-0.4, -0.2) is 60.9 Å². The second-order valence-corrected chi connectivity index (χ2v) is 9.17. The van der Waals surface area contributed by atoms with Crippen LogP contribution < -0.4 is 0 Å². The van der Waals surface area contributed by atoms with E-state index in [9.17, 15) is 13.2 Å². The second kappa shape index (κ2) is 6.82. The van der Waals surface area contributed by atoms with E-state index in [4.69, 9.17) is 5.11 Å². The summed E-state index contributed by atoms with van der Waals surface area (Å²) in [5, 5.41) is 9.06. The average Bonchev–Trinajstić information content (AvgIpc) is 2.53. The summed E-state index contributed by atoms with van der Waals surface area (Å²) in [5.74, 6) is -0.885. The van der Waals surface area contributed by atoms with Crippen molar-refractivity contribution in [1.29, 1.82) is 0 Å². The van der Waals surface area contributed by atoms with Crippen molar-refractivity contribution in [3.8, 4) is 0 Å². The third-order valence-electron chi connectivity index (χ3n) is 4.54. The normalized spacial score (nSPS) is 19.2. The molecule has 6 nitrogen and oxygen atoms in total. The SMILES string of the molecule is C[C@H](C(=O)O)N1CCN(S(=O)(=O)c2ccc(C(C)(C)C)cc2)CC1. The minimum absolute atomic E-state index is 0.0269. The molecule has 1 aromatic rings. The Labute approximate surface area is 144 Å². The summed E-state index contributed by atoms with van der Waals surface area (Å²) in [5.41, 5.74) is 1.06. The molecule has 7 heteroatoms. The lowest BCUT2D eigenvalue weighted by molar-refractivity contribution is -0.143. The molecule has 1 N–H and O–H groups in total. The molecule has 0 unspecified atom stereocenters. The standard InChI is InChI=1S/C17H26N2O4S/c1-13(16(20)21)18-9-11-19(12-10-18)24(22,23)15-7-5-14(6-8-15)17(2,3)4/h5-8,13H,9-12H2,1-4H3,(H,20,21)/t13-/m1/s1. The number of carboxylic acids is 1. The second-order valence-electron chi connectivity index (χ2n) is 7.23. The summed E-state index contributed by atoms with van der Waals surface area (Å²) < 4.78 is 26.9. The molecule has 1 aliphatic heterocycles. The minimum Gasteiger partial charge on any atom is -0.480 e. The molecule has 2 rings (SSSR count). The van der Waals surface area contributed by atoms with Crippen LogP contribution in [-0.2, 0) is 20.2 Å². The van der Waals surface area contributed by atoms with Crippen LogP contribution in [0.15, 0.2) is 29.2 Å². The monoisotopic (exact) mass is 354 g/mol. The van der Waals surface area contributed by atoms with Crippen LogP contribution in [0.2, 0.25) is 0 Å². The zero-order chi connectivity index (χ0) is 18.1. The number of hydrogen-bond donors (Lipinski definition) is 1. The van der Waals surface area contributed by atoms with E-state index in [0.29, 0.717) is 26.2 Å². The van der Waals surface area contributed by atoms with Gasteiger partial charge in [-0.05, 0) is 30.0 Å². The lowest BCUT2D eigenvalue weighted by Gasteiger charge is -2.35. The first kappa shape index (κ1) is 18.9. The zero-order valence-electron chi connectivity index (χ0n) is 14.7. The largest absolute Gasteiger partial charge is 0.480 e.